The van der Waals surface area contributed by atoms with Gasteiger partial charge in [-0.25, -0.2) is 8.78 Å². The molecule has 0 amide bonds. The van der Waals surface area contributed by atoms with Crippen LogP contribution in [0.5, 0.6) is 0 Å². The van der Waals surface area contributed by atoms with Crippen molar-refractivity contribution in [3.8, 4) is 0 Å². The minimum atomic E-state index is -0.969. The summed E-state index contributed by atoms with van der Waals surface area (Å²) in [5, 5.41) is 2.04. The Morgan fingerprint density at radius 3 is 2.81 bits per heavy atom. The van der Waals surface area contributed by atoms with E-state index in [0.29, 0.717) is 6.54 Å². The van der Waals surface area contributed by atoms with Gasteiger partial charge in [0.1, 0.15) is 4.99 Å². The lowest BCUT2D eigenvalue weighted by Crippen LogP contribution is -2.34. The molecule has 1 atom stereocenters. The van der Waals surface area contributed by atoms with Crippen LogP contribution < -0.4 is 10.6 Å². The van der Waals surface area contributed by atoms with Crippen molar-refractivity contribution in [3.63, 3.8) is 0 Å². The molecule has 110 valence electrons. The maximum absolute atomic E-state index is 14.4. The van der Waals surface area contributed by atoms with Gasteiger partial charge in [0.15, 0.2) is 11.6 Å². The highest BCUT2D eigenvalue weighted by atomic mass is 32.1. The summed E-state index contributed by atoms with van der Waals surface area (Å²) in [5.74, 6) is -1.85. The van der Waals surface area contributed by atoms with Crippen LogP contribution in [0.3, 0.4) is 0 Å². The molecule has 2 aromatic rings. The first-order valence-electron chi connectivity index (χ1n) is 6.61. The Kier molecular flexibility index (Phi) is 3.67. The first-order chi connectivity index (χ1) is 10.0. The number of nitrogens with zero attached hydrogens (tertiary/aromatic N) is 1. The summed E-state index contributed by atoms with van der Waals surface area (Å²) >= 11 is 6.44. The zero-order valence-electron chi connectivity index (χ0n) is 11.4. The minimum absolute atomic E-state index is 0.0181. The smallest absolute Gasteiger partial charge is 0.182 e. The van der Waals surface area contributed by atoms with E-state index >= 15 is 0 Å². The molecule has 1 aromatic heterocycles. The topological polar surface area (TPSA) is 29.3 Å². The lowest BCUT2D eigenvalue weighted by molar-refractivity contribution is 0.498. The third kappa shape index (κ3) is 2.32. The fourth-order valence-electron chi connectivity index (χ4n) is 2.79. The Bertz CT molecular complexity index is 712. The number of thiocarbonyl (C=S) groups is 1. The third-order valence-electron chi connectivity index (χ3n) is 3.91. The van der Waals surface area contributed by atoms with Crippen molar-refractivity contribution in [2.45, 2.75) is 19.4 Å². The van der Waals surface area contributed by atoms with E-state index in [2.05, 4.69) is 6.07 Å². The number of hydrogen-bond donors (Lipinski definition) is 1. The van der Waals surface area contributed by atoms with Crippen LogP contribution in [0.2, 0.25) is 0 Å². The van der Waals surface area contributed by atoms with E-state index in [1.54, 1.807) is 17.4 Å². The van der Waals surface area contributed by atoms with Gasteiger partial charge in [-0.3, -0.25) is 0 Å². The van der Waals surface area contributed by atoms with Gasteiger partial charge in [0.05, 0.1) is 11.7 Å². The van der Waals surface area contributed by atoms with Gasteiger partial charge < -0.3 is 10.6 Å². The Hall–Kier alpha value is -1.53. The van der Waals surface area contributed by atoms with Crippen molar-refractivity contribution in [1.29, 1.82) is 0 Å². The molecule has 2 heterocycles. The van der Waals surface area contributed by atoms with Crippen molar-refractivity contribution in [2.24, 2.45) is 5.73 Å². The number of thiophene rings is 1. The standard InChI is InChI=1S/C15H14F2N2S2/c1-8-9-5-7-21-12(9)4-6-19(8)11-3-2-10(15(18)20)13(16)14(11)17/h2-3,5,7-8H,4,6H2,1H3,(H2,18,20). The van der Waals surface area contributed by atoms with Crippen LogP contribution >= 0.6 is 23.6 Å². The zero-order valence-corrected chi connectivity index (χ0v) is 13.0. The molecule has 21 heavy (non-hydrogen) atoms. The SMILES string of the molecule is CC1c2ccsc2CCN1c1ccc(C(N)=S)c(F)c1F. The first kappa shape index (κ1) is 14.4. The molecule has 0 fully saturated rings. The second kappa shape index (κ2) is 5.35. The van der Waals surface area contributed by atoms with E-state index in [4.69, 9.17) is 18.0 Å². The maximum atomic E-state index is 14.4. The number of anilines is 1. The highest BCUT2D eigenvalue weighted by Gasteiger charge is 2.28. The van der Waals surface area contributed by atoms with Crippen molar-refractivity contribution in [3.05, 3.63) is 51.2 Å². The predicted octanol–water partition coefficient (Wildman–Crippen LogP) is 3.78. The van der Waals surface area contributed by atoms with E-state index < -0.39 is 11.6 Å². The average molecular weight is 324 g/mol. The molecular formula is C15H14F2N2S2. The Morgan fingerprint density at radius 2 is 2.10 bits per heavy atom. The van der Waals surface area contributed by atoms with Crippen LogP contribution in [0.4, 0.5) is 14.5 Å². The maximum Gasteiger partial charge on any atom is 0.182 e. The Balaban J connectivity index is 2.02. The first-order valence-corrected chi connectivity index (χ1v) is 7.90. The van der Waals surface area contributed by atoms with E-state index in [0.717, 1.165) is 6.42 Å². The quantitative estimate of drug-likeness (QED) is 0.852. The number of fused-ring (bicyclic) bond motifs is 1. The molecule has 2 nitrogen and oxygen atoms in total. The molecule has 1 unspecified atom stereocenters. The number of benzene rings is 1. The van der Waals surface area contributed by atoms with Crippen LogP contribution in [-0.4, -0.2) is 11.5 Å². The molecule has 1 aliphatic heterocycles. The molecule has 1 aromatic carbocycles. The summed E-state index contributed by atoms with van der Waals surface area (Å²) in [6.07, 6.45) is 0.843. The summed E-state index contributed by atoms with van der Waals surface area (Å²) < 4.78 is 28.4. The number of halogens is 2. The molecule has 0 spiro atoms. The molecule has 0 bridgehead atoms. The number of rotatable bonds is 2. The number of hydrogen-bond acceptors (Lipinski definition) is 3. The second-order valence-corrected chi connectivity index (χ2v) is 6.48. The second-order valence-electron chi connectivity index (χ2n) is 5.04. The van der Waals surface area contributed by atoms with Crippen LogP contribution in [0.15, 0.2) is 23.6 Å². The van der Waals surface area contributed by atoms with Crippen LogP contribution in [0, 0.1) is 11.6 Å². The molecule has 0 radical (unpaired) electrons. The van der Waals surface area contributed by atoms with E-state index in [-0.39, 0.29) is 22.3 Å². The third-order valence-corrected chi connectivity index (χ3v) is 5.13. The van der Waals surface area contributed by atoms with Crippen molar-refractivity contribution >= 4 is 34.2 Å². The van der Waals surface area contributed by atoms with Crippen molar-refractivity contribution in [2.75, 3.05) is 11.4 Å². The van der Waals surface area contributed by atoms with Crippen molar-refractivity contribution in [1.82, 2.24) is 0 Å². The van der Waals surface area contributed by atoms with Gasteiger partial charge in [-0.2, -0.15) is 0 Å². The average Bonchev–Trinajstić information content (AvgIpc) is 2.92. The van der Waals surface area contributed by atoms with Crippen LogP contribution in [0.1, 0.15) is 29.0 Å². The lowest BCUT2D eigenvalue weighted by Gasteiger charge is -2.35. The Labute approximate surface area is 131 Å². The molecule has 3 rings (SSSR count). The summed E-state index contributed by atoms with van der Waals surface area (Å²) in [6, 6.07) is 5.07. The molecule has 6 heteroatoms. The van der Waals surface area contributed by atoms with Gasteiger partial charge in [0.2, 0.25) is 0 Å². The molecular weight excluding hydrogens is 310 g/mol. The molecule has 1 aliphatic rings. The summed E-state index contributed by atoms with van der Waals surface area (Å²) in [5.41, 5.74) is 6.80. The highest BCUT2D eigenvalue weighted by molar-refractivity contribution is 7.80. The normalized spacial score (nSPS) is 17.7. The van der Waals surface area contributed by atoms with E-state index in [1.807, 2.05) is 17.2 Å². The van der Waals surface area contributed by atoms with Crippen molar-refractivity contribution < 1.29 is 8.78 Å². The molecule has 0 aliphatic carbocycles. The van der Waals surface area contributed by atoms with Gasteiger partial charge >= 0.3 is 0 Å². The molecule has 2 N–H and O–H groups in total. The highest BCUT2D eigenvalue weighted by Crippen LogP contribution is 2.37. The summed E-state index contributed by atoms with van der Waals surface area (Å²) in [4.78, 5) is 3.07. The lowest BCUT2D eigenvalue weighted by atomic mass is 10.00. The van der Waals surface area contributed by atoms with Crippen LogP contribution in [0.25, 0.3) is 0 Å². The summed E-state index contributed by atoms with van der Waals surface area (Å²) in [6.45, 7) is 2.67. The van der Waals surface area contributed by atoms with Gasteiger partial charge in [0, 0.05) is 17.0 Å². The fraction of sp³-hybridized carbons (Fsp3) is 0.267. The van der Waals surface area contributed by atoms with E-state index in [1.165, 1.54) is 16.5 Å². The van der Waals surface area contributed by atoms with Crippen LogP contribution in [-0.2, 0) is 6.42 Å². The molecule has 0 saturated heterocycles. The zero-order chi connectivity index (χ0) is 15.1. The monoisotopic (exact) mass is 324 g/mol. The van der Waals surface area contributed by atoms with Gasteiger partial charge in [-0.15, -0.1) is 11.3 Å². The summed E-state index contributed by atoms with van der Waals surface area (Å²) in [7, 11) is 0. The molecule has 0 saturated carbocycles. The minimum Gasteiger partial charge on any atom is -0.389 e. The Morgan fingerprint density at radius 1 is 1.33 bits per heavy atom. The van der Waals surface area contributed by atoms with Gasteiger partial charge in [0.25, 0.3) is 0 Å². The van der Waals surface area contributed by atoms with Gasteiger partial charge in [-0.1, -0.05) is 12.2 Å². The predicted molar refractivity (Wildman–Crippen MR) is 86.0 cm³/mol. The van der Waals surface area contributed by atoms with Gasteiger partial charge in [-0.05, 0) is 42.5 Å². The number of nitrogens with two attached hydrogens (primary N) is 1. The van der Waals surface area contributed by atoms with E-state index in [9.17, 15) is 8.78 Å². The largest absolute Gasteiger partial charge is 0.389 e. The fourth-order valence-corrected chi connectivity index (χ4v) is 3.91.